The second kappa shape index (κ2) is 5.81. The minimum Gasteiger partial charge on any atom is -0.367 e. The van der Waals surface area contributed by atoms with Gasteiger partial charge in [-0.15, -0.1) is 0 Å². The maximum atomic E-state index is 4.54. The van der Waals surface area contributed by atoms with Crippen LogP contribution in [0, 0.1) is 0 Å². The SMILES string of the molecule is c1ccc(-n2ncc3c(NC4CCNC5(CCC5)C4)ncnc32)cc1. The van der Waals surface area contributed by atoms with Crippen molar-refractivity contribution >= 4 is 16.9 Å². The fourth-order valence-corrected chi connectivity index (χ4v) is 4.18. The van der Waals surface area contributed by atoms with Gasteiger partial charge in [-0.25, -0.2) is 14.6 Å². The number of nitrogens with zero attached hydrogens (tertiary/aromatic N) is 4. The molecule has 1 aliphatic heterocycles. The summed E-state index contributed by atoms with van der Waals surface area (Å²) >= 11 is 0. The first-order valence-corrected chi connectivity index (χ1v) is 9.09. The summed E-state index contributed by atoms with van der Waals surface area (Å²) in [6, 6.07) is 10.6. The fourth-order valence-electron chi connectivity index (χ4n) is 4.18. The third-order valence-corrected chi connectivity index (χ3v) is 5.65. The van der Waals surface area contributed by atoms with Gasteiger partial charge < -0.3 is 10.6 Å². The number of aromatic nitrogens is 4. The Morgan fingerprint density at radius 3 is 2.84 bits per heavy atom. The van der Waals surface area contributed by atoms with Gasteiger partial charge in [-0.3, -0.25) is 0 Å². The van der Waals surface area contributed by atoms with Gasteiger partial charge in [0.25, 0.3) is 0 Å². The minimum absolute atomic E-state index is 0.371. The van der Waals surface area contributed by atoms with Crippen LogP contribution in [0.5, 0.6) is 0 Å². The van der Waals surface area contributed by atoms with Crippen LogP contribution in [0.25, 0.3) is 16.7 Å². The highest BCUT2D eigenvalue weighted by Gasteiger charge is 2.41. The van der Waals surface area contributed by atoms with Crippen molar-refractivity contribution in [3.63, 3.8) is 0 Å². The van der Waals surface area contributed by atoms with Gasteiger partial charge in [0.1, 0.15) is 12.1 Å². The molecule has 2 N–H and O–H groups in total. The molecule has 5 rings (SSSR count). The maximum Gasteiger partial charge on any atom is 0.168 e. The lowest BCUT2D eigenvalue weighted by atomic mass is 9.70. The molecule has 25 heavy (non-hydrogen) atoms. The minimum atomic E-state index is 0.371. The number of rotatable bonds is 3. The standard InChI is InChI=1S/C19H22N6/c1-2-5-15(6-3-1)25-18-16(12-23-25)17(20-13-21-18)24-14-7-10-22-19(11-14)8-4-9-19/h1-3,5-6,12-14,22H,4,7-11H2,(H,20,21,24). The van der Waals surface area contributed by atoms with Crippen LogP contribution in [0.4, 0.5) is 5.82 Å². The van der Waals surface area contributed by atoms with Crippen LogP contribution < -0.4 is 10.6 Å². The second-order valence-electron chi connectivity index (χ2n) is 7.25. The number of hydrogen-bond donors (Lipinski definition) is 2. The van der Waals surface area contributed by atoms with E-state index in [1.165, 1.54) is 25.7 Å². The van der Waals surface area contributed by atoms with Crippen molar-refractivity contribution in [2.75, 3.05) is 11.9 Å². The zero-order valence-electron chi connectivity index (χ0n) is 14.2. The van der Waals surface area contributed by atoms with Gasteiger partial charge in [-0.1, -0.05) is 18.2 Å². The highest BCUT2D eigenvalue weighted by atomic mass is 15.3. The van der Waals surface area contributed by atoms with Crippen molar-refractivity contribution in [3.05, 3.63) is 42.9 Å². The van der Waals surface area contributed by atoms with Crippen LogP contribution in [-0.2, 0) is 0 Å². The highest BCUT2D eigenvalue weighted by molar-refractivity contribution is 5.87. The average Bonchev–Trinajstić information content (AvgIpc) is 3.07. The first-order valence-electron chi connectivity index (χ1n) is 9.09. The molecule has 6 heteroatoms. The Morgan fingerprint density at radius 1 is 1.16 bits per heavy atom. The van der Waals surface area contributed by atoms with Crippen molar-refractivity contribution in [1.29, 1.82) is 0 Å². The van der Waals surface area contributed by atoms with E-state index in [9.17, 15) is 0 Å². The summed E-state index contributed by atoms with van der Waals surface area (Å²) in [5.74, 6) is 0.897. The molecule has 1 aromatic carbocycles. The summed E-state index contributed by atoms with van der Waals surface area (Å²) in [5.41, 5.74) is 2.23. The molecule has 0 amide bonds. The van der Waals surface area contributed by atoms with Crippen LogP contribution in [0.3, 0.4) is 0 Å². The number of fused-ring (bicyclic) bond motifs is 1. The van der Waals surface area contributed by atoms with E-state index < -0.39 is 0 Å². The molecule has 2 fully saturated rings. The molecule has 1 atom stereocenters. The summed E-state index contributed by atoms with van der Waals surface area (Å²) < 4.78 is 1.87. The monoisotopic (exact) mass is 334 g/mol. The lowest BCUT2D eigenvalue weighted by molar-refractivity contribution is 0.135. The maximum absolute atomic E-state index is 4.54. The largest absolute Gasteiger partial charge is 0.367 e. The molecule has 1 spiro atoms. The van der Waals surface area contributed by atoms with Crippen molar-refractivity contribution in [3.8, 4) is 5.69 Å². The molecule has 3 heterocycles. The molecule has 3 aromatic rings. The second-order valence-corrected chi connectivity index (χ2v) is 7.25. The molecule has 1 unspecified atom stereocenters. The fraction of sp³-hybridized carbons (Fsp3) is 0.421. The molecular weight excluding hydrogens is 312 g/mol. The lowest BCUT2D eigenvalue weighted by Crippen LogP contribution is -2.58. The van der Waals surface area contributed by atoms with Crippen molar-refractivity contribution in [1.82, 2.24) is 25.1 Å². The van der Waals surface area contributed by atoms with E-state index in [-0.39, 0.29) is 0 Å². The summed E-state index contributed by atoms with van der Waals surface area (Å²) in [7, 11) is 0. The Bertz CT molecular complexity index is 883. The quantitative estimate of drug-likeness (QED) is 0.771. The predicted octanol–water partition coefficient (Wildman–Crippen LogP) is 2.90. The highest BCUT2D eigenvalue weighted by Crippen LogP contribution is 2.39. The van der Waals surface area contributed by atoms with Gasteiger partial charge >= 0.3 is 0 Å². The van der Waals surface area contributed by atoms with Gasteiger partial charge in [0.05, 0.1) is 17.3 Å². The summed E-state index contributed by atoms with van der Waals surface area (Å²) in [6.45, 7) is 1.08. The molecule has 1 saturated carbocycles. The summed E-state index contributed by atoms with van der Waals surface area (Å²) in [4.78, 5) is 8.97. The number of nitrogens with one attached hydrogen (secondary N) is 2. The Balaban J connectivity index is 1.45. The Hall–Kier alpha value is -2.47. The number of anilines is 1. The molecule has 2 aromatic heterocycles. The van der Waals surface area contributed by atoms with E-state index in [0.717, 1.165) is 35.5 Å². The average molecular weight is 334 g/mol. The van der Waals surface area contributed by atoms with Gasteiger partial charge in [0, 0.05) is 11.6 Å². The van der Waals surface area contributed by atoms with Crippen LogP contribution in [0.2, 0.25) is 0 Å². The van der Waals surface area contributed by atoms with Crippen molar-refractivity contribution < 1.29 is 0 Å². The Kier molecular flexibility index (Phi) is 3.45. The predicted molar refractivity (Wildman–Crippen MR) is 97.9 cm³/mol. The van der Waals surface area contributed by atoms with Crippen molar-refractivity contribution in [2.45, 2.75) is 43.7 Å². The first-order chi connectivity index (χ1) is 12.3. The molecular formula is C19H22N6. The molecule has 128 valence electrons. The van der Waals surface area contributed by atoms with E-state index in [1.807, 2.05) is 41.2 Å². The molecule has 6 nitrogen and oxygen atoms in total. The van der Waals surface area contributed by atoms with E-state index in [4.69, 9.17) is 0 Å². The number of piperidine rings is 1. The van der Waals surface area contributed by atoms with Gasteiger partial charge in [0.2, 0.25) is 0 Å². The van der Waals surface area contributed by atoms with Gasteiger partial charge in [0.15, 0.2) is 5.65 Å². The van der Waals surface area contributed by atoms with Crippen LogP contribution in [0.1, 0.15) is 32.1 Å². The number of para-hydroxylation sites is 1. The zero-order valence-corrected chi connectivity index (χ0v) is 14.2. The lowest BCUT2D eigenvalue weighted by Gasteiger charge is -2.48. The third kappa shape index (κ3) is 2.57. The Labute approximate surface area is 146 Å². The summed E-state index contributed by atoms with van der Waals surface area (Å²) in [5, 5.41) is 12.9. The van der Waals surface area contributed by atoms with Crippen LogP contribution >= 0.6 is 0 Å². The topological polar surface area (TPSA) is 67.7 Å². The van der Waals surface area contributed by atoms with Gasteiger partial charge in [-0.2, -0.15) is 5.10 Å². The molecule has 2 aliphatic rings. The number of benzene rings is 1. The van der Waals surface area contributed by atoms with Gasteiger partial charge in [-0.05, 0) is 50.8 Å². The Morgan fingerprint density at radius 2 is 2.04 bits per heavy atom. The molecule has 1 saturated heterocycles. The third-order valence-electron chi connectivity index (χ3n) is 5.65. The zero-order chi connectivity index (χ0) is 16.7. The molecule has 0 radical (unpaired) electrons. The van der Waals surface area contributed by atoms with E-state index in [1.54, 1.807) is 6.33 Å². The van der Waals surface area contributed by atoms with Crippen LogP contribution in [0.15, 0.2) is 42.9 Å². The van der Waals surface area contributed by atoms with E-state index in [2.05, 4.69) is 25.7 Å². The van der Waals surface area contributed by atoms with E-state index in [0.29, 0.717) is 11.6 Å². The normalized spacial score (nSPS) is 22.0. The molecule has 1 aliphatic carbocycles. The molecule has 0 bridgehead atoms. The van der Waals surface area contributed by atoms with E-state index >= 15 is 0 Å². The summed E-state index contributed by atoms with van der Waals surface area (Å²) in [6.07, 6.45) is 9.75. The first kappa shape index (κ1) is 14.8. The number of hydrogen-bond acceptors (Lipinski definition) is 5. The van der Waals surface area contributed by atoms with Crippen LogP contribution in [-0.4, -0.2) is 37.9 Å². The smallest absolute Gasteiger partial charge is 0.168 e. The van der Waals surface area contributed by atoms with Crippen molar-refractivity contribution in [2.24, 2.45) is 0 Å².